The van der Waals surface area contributed by atoms with Crippen LogP contribution in [0.4, 0.5) is 0 Å². The van der Waals surface area contributed by atoms with Crippen molar-refractivity contribution in [3.63, 3.8) is 0 Å². The van der Waals surface area contributed by atoms with Gasteiger partial charge in [0.1, 0.15) is 5.75 Å². The van der Waals surface area contributed by atoms with Crippen LogP contribution >= 0.6 is 34.8 Å². The second-order valence-electron chi connectivity index (χ2n) is 5.12. The number of carbonyl (C=O) groups is 1. The van der Waals surface area contributed by atoms with Crippen molar-refractivity contribution in [1.29, 1.82) is 0 Å². The van der Waals surface area contributed by atoms with Gasteiger partial charge in [-0.15, -0.1) is 0 Å². The second kappa shape index (κ2) is 9.77. The van der Waals surface area contributed by atoms with Crippen molar-refractivity contribution in [3.8, 4) is 5.75 Å². The summed E-state index contributed by atoms with van der Waals surface area (Å²) >= 11 is 17.6. The Morgan fingerprint density at radius 3 is 2.21 bits per heavy atom. The molecule has 0 atom stereocenters. The molecule has 0 aliphatic carbocycles. The van der Waals surface area contributed by atoms with Gasteiger partial charge in [0.25, 0.3) is 0 Å². The molecule has 2 aromatic carbocycles. The fraction of sp³-hybridized carbons (Fsp3) is 0.278. The molecular weight excluding hydrogens is 371 g/mol. The molecule has 6 heteroatoms. The molecular formula is C18H17Cl3O3. The van der Waals surface area contributed by atoms with Crippen LogP contribution in [0.2, 0.25) is 15.1 Å². The Labute approximate surface area is 156 Å². The van der Waals surface area contributed by atoms with Gasteiger partial charge in [0, 0.05) is 10.0 Å². The van der Waals surface area contributed by atoms with Gasteiger partial charge in [0.2, 0.25) is 0 Å². The minimum atomic E-state index is -0.436. The van der Waals surface area contributed by atoms with Gasteiger partial charge in [-0.2, -0.15) is 0 Å². The van der Waals surface area contributed by atoms with Crippen molar-refractivity contribution in [2.75, 3.05) is 13.2 Å². The van der Waals surface area contributed by atoms with Gasteiger partial charge in [0.05, 0.1) is 23.8 Å². The number of rotatable bonds is 8. The summed E-state index contributed by atoms with van der Waals surface area (Å²) in [5, 5.41) is 1.46. The third-order valence-electron chi connectivity index (χ3n) is 3.26. The maximum atomic E-state index is 11.9. The van der Waals surface area contributed by atoms with Crippen molar-refractivity contribution in [1.82, 2.24) is 0 Å². The van der Waals surface area contributed by atoms with Crippen LogP contribution in [0, 0.1) is 0 Å². The number of ether oxygens (including phenoxy) is 2. The summed E-state index contributed by atoms with van der Waals surface area (Å²) in [4.78, 5) is 11.9. The van der Waals surface area contributed by atoms with E-state index in [1.54, 1.807) is 24.3 Å². The number of carbonyl (C=O) groups excluding carboxylic acids is 1. The summed E-state index contributed by atoms with van der Waals surface area (Å²) in [6, 6.07) is 11.9. The topological polar surface area (TPSA) is 35.5 Å². The Morgan fingerprint density at radius 2 is 1.50 bits per heavy atom. The van der Waals surface area contributed by atoms with E-state index in [0.29, 0.717) is 33.8 Å². The van der Waals surface area contributed by atoms with Gasteiger partial charge in [0.15, 0.2) is 0 Å². The van der Waals surface area contributed by atoms with Crippen LogP contribution in [0.25, 0.3) is 0 Å². The predicted octanol–water partition coefficient (Wildman–Crippen LogP) is 6.05. The molecule has 128 valence electrons. The largest absolute Gasteiger partial charge is 0.494 e. The minimum Gasteiger partial charge on any atom is -0.494 e. The van der Waals surface area contributed by atoms with Crippen LogP contribution in [0.1, 0.15) is 29.6 Å². The second-order valence-corrected chi connectivity index (χ2v) is 6.40. The van der Waals surface area contributed by atoms with Crippen molar-refractivity contribution < 1.29 is 14.3 Å². The molecule has 0 spiro atoms. The molecule has 0 saturated carbocycles. The summed E-state index contributed by atoms with van der Waals surface area (Å²) in [6.45, 7) is 0.956. The highest BCUT2D eigenvalue weighted by Crippen LogP contribution is 2.21. The maximum Gasteiger partial charge on any atom is 0.339 e. The summed E-state index contributed by atoms with van der Waals surface area (Å²) in [6.07, 6.45) is 2.54. The molecule has 0 amide bonds. The summed E-state index contributed by atoms with van der Waals surface area (Å²) in [5.74, 6) is 0.359. The Balaban J connectivity index is 1.59. The van der Waals surface area contributed by atoms with E-state index >= 15 is 0 Å². The molecule has 0 heterocycles. The first-order valence-electron chi connectivity index (χ1n) is 7.57. The van der Waals surface area contributed by atoms with Gasteiger partial charge in [-0.25, -0.2) is 4.79 Å². The molecule has 0 N–H and O–H groups in total. The highest BCUT2D eigenvalue weighted by molar-refractivity contribution is 6.36. The zero-order valence-corrected chi connectivity index (χ0v) is 15.2. The van der Waals surface area contributed by atoms with E-state index in [0.717, 1.165) is 25.0 Å². The molecule has 24 heavy (non-hydrogen) atoms. The number of benzene rings is 2. The Kier molecular flexibility index (Phi) is 7.70. The highest BCUT2D eigenvalue weighted by atomic mass is 35.5. The molecule has 3 nitrogen and oxygen atoms in total. The number of hydrogen-bond donors (Lipinski definition) is 0. The Hall–Kier alpha value is -1.42. The number of halogens is 3. The monoisotopic (exact) mass is 386 g/mol. The zero-order chi connectivity index (χ0) is 17.4. The number of unbranched alkanes of at least 4 members (excludes halogenated alkanes) is 2. The standard InChI is InChI=1S/C18H17Cl3O3/c19-13-4-7-15(8-5-13)23-10-2-1-3-11-24-18(22)16-9-6-14(20)12-17(16)21/h4-9,12H,1-3,10-11H2. The van der Waals surface area contributed by atoms with Gasteiger partial charge >= 0.3 is 5.97 Å². The molecule has 0 aliphatic heterocycles. The third-order valence-corrected chi connectivity index (χ3v) is 4.06. The smallest absolute Gasteiger partial charge is 0.339 e. The summed E-state index contributed by atoms with van der Waals surface area (Å²) < 4.78 is 10.8. The lowest BCUT2D eigenvalue weighted by molar-refractivity contribution is 0.0497. The quantitative estimate of drug-likeness (QED) is 0.408. The lowest BCUT2D eigenvalue weighted by atomic mass is 10.2. The van der Waals surface area contributed by atoms with Gasteiger partial charge in [-0.1, -0.05) is 34.8 Å². The fourth-order valence-electron chi connectivity index (χ4n) is 2.00. The lowest BCUT2D eigenvalue weighted by Crippen LogP contribution is -2.07. The number of esters is 1. The SMILES string of the molecule is O=C(OCCCCCOc1ccc(Cl)cc1)c1ccc(Cl)cc1Cl. The molecule has 0 unspecified atom stereocenters. The zero-order valence-electron chi connectivity index (χ0n) is 12.9. The molecule has 0 fully saturated rings. The van der Waals surface area contributed by atoms with Crippen LogP contribution < -0.4 is 4.74 Å². The normalized spacial score (nSPS) is 10.5. The molecule has 0 aromatic heterocycles. The Morgan fingerprint density at radius 1 is 0.833 bits per heavy atom. The van der Waals surface area contributed by atoms with E-state index in [4.69, 9.17) is 44.3 Å². The van der Waals surface area contributed by atoms with Crippen molar-refractivity contribution >= 4 is 40.8 Å². The van der Waals surface area contributed by atoms with Crippen molar-refractivity contribution in [2.24, 2.45) is 0 Å². The third kappa shape index (κ3) is 6.23. The molecule has 0 aliphatic rings. The fourth-order valence-corrected chi connectivity index (χ4v) is 2.61. The van der Waals surface area contributed by atoms with Crippen LogP contribution in [-0.2, 0) is 4.74 Å². The highest BCUT2D eigenvalue weighted by Gasteiger charge is 2.11. The first-order valence-corrected chi connectivity index (χ1v) is 8.70. The average molecular weight is 388 g/mol. The Bertz CT molecular complexity index is 672. The molecule has 0 bridgehead atoms. The van der Waals surface area contributed by atoms with E-state index in [-0.39, 0.29) is 0 Å². The number of hydrogen-bond acceptors (Lipinski definition) is 3. The molecule has 2 rings (SSSR count). The summed E-state index contributed by atoms with van der Waals surface area (Å²) in [7, 11) is 0. The van der Waals surface area contributed by atoms with E-state index in [2.05, 4.69) is 0 Å². The van der Waals surface area contributed by atoms with E-state index in [1.165, 1.54) is 6.07 Å². The minimum absolute atomic E-state index is 0.295. The molecule has 2 aromatic rings. The van der Waals surface area contributed by atoms with Crippen molar-refractivity contribution in [3.05, 3.63) is 63.1 Å². The molecule has 0 radical (unpaired) electrons. The van der Waals surface area contributed by atoms with Crippen LogP contribution in [0.5, 0.6) is 5.75 Å². The average Bonchev–Trinajstić information content (AvgIpc) is 2.55. The summed E-state index contributed by atoms with van der Waals surface area (Å²) in [5.41, 5.74) is 0.326. The predicted molar refractivity (Wildman–Crippen MR) is 97.5 cm³/mol. The first kappa shape index (κ1) is 18.9. The van der Waals surface area contributed by atoms with Gasteiger partial charge < -0.3 is 9.47 Å². The van der Waals surface area contributed by atoms with Crippen LogP contribution in [0.3, 0.4) is 0 Å². The van der Waals surface area contributed by atoms with Gasteiger partial charge in [-0.05, 0) is 61.7 Å². The van der Waals surface area contributed by atoms with Crippen LogP contribution in [0.15, 0.2) is 42.5 Å². The molecule has 0 saturated heterocycles. The maximum absolute atomic E-state index is 11.9. The van der Waals surface area contributed by atoms with Gasteiger partial charge in [-0.3, -0.25) is 0 Å². The van der Waals surface area contributed by atoms with Crippen molar-refractivity contribution in [2.45, 2.75) is 19.3 Å². The van der Waals surface area contributed by atoms with E-state index in [9.17, 15) is 4.79 Å². The van der Waals surface area contributed by atoms with Crippen LogP contribution in [-0.4, -0.2) is 19.2 Å². The van der Waals surface area contributed by atoms with E-state index in [1.807, 2.05) is 12.1 Å². The first-order chi connectivity index (χ1) is 11.6. The lowest BCUT2D eigenvalue weighted by Gasteiger charge is -2.08. The van der Waals surface area contributed by atoms with E-state index < -0.39 is 5.97 Å².